The van der Waals surface area contributed by atoms with Gasteiger partial charge in [-0.15, -0.1) is 6.42 Å². The molecule has 2 N–H and O–H groups in total. The summed E-state index contributed by atoms with van der Waals surface area (Å²) in [6, 6.07) is 0. The van der Waals surface area contributed by atoms with Gasteiger partial charge in [-0.3, -0.25) is 4.79 Å². The highest BCUT2D eigenvalue weighted by Gasteiger charge is 2.67. The van der Waals surface area contributed by atoms with Crippen molar-refractivity contribution >= 4 is 5.78 Å². The minimum atomic E-state index is -1.38. The molecule has 1 unspecified atom stereocenters. The molecule has 3 fully saturated rings. The largest absolute Gasteiger partial charge is 0.389 e. The fourth-order valence-corrected chi connectivity index (χ4v) is 6.96. The molecule has 3 nitrogen and oxygen atoms in total. The van der Waals surface area contributed by atoms with Crippen LogP contribution in [0.5, 0.6) is 0 Å². The molecule has 0 amide bonds. The van der Waals surface area contributed by atoms with Crippen molar-refractivity contribution in [3.63, 3.8) is 0 Å². The van der Waals surface area contributed by atoms with Crippen LogP contribution in [0.1, 0.15) is 58.3 Å². The van der Waals surface area contributed by atoms with Crippen LogP contribution in [-0.2, 0) is 4.79 Å². The highest BCUT2D eigenvalue weighted by molar-refractivity contribution is 5.91. The minimum Gasteiger partial charge on any atom is -0.389 e. The Morgan fingerprint density at radius 1 is 1.29 bits per heavy atom. The molecule has 4 rings (SSSR count). The molecule has 0 heterocycles. The summed E-state index contributed by atoms with van der Waals surface area (Å²) in [5.41, 5.74) is -0.355. The Bertz CT molecular complexity index is 629. The van der Waals surface area contributed by atoms with E-state index in [0.717, 1.165) is 38.5 Å². The standard InChI is InChI=1S/C21H28O3/c1-3-20-10-9-16-15-8-6-14(22)11-13(15)5-7-17(16)18(20)12-19(23)21(20,24)4-2/h2,11,15-19,23-24H,3,5-10,12H2,1H3/t15-,16+,17+,18-,19?,20-,21-/m0/s1. The molecule has 0 aliphatic heterocycles. The van der Waals surface area contributed by atoms with Gasteiger partial charge in [0.15, 0.2) is 11.4 Å². The number of rotatable bonds is 1. The van der Waals surface area contributed by atoms with E-state index in [-0.39, 0.29) is 11.2 Å². The van der Waals surface area contributed by atoms with E-state index in [2.05, 4.69) is 12.8 Å². The number of hydrogen-bond donors (Lipinski definition) is 2. The fraction of sp³-hybridized carbons (Fsp3) is 0.762. The normalized spacial score (nSPS) is 50.3. The molecule has 24 heavy (non-hydrogen) atoms. The van der Waals surface area contributed by atoms with Gasteiger partial charge in [-0.2, -0.15) is 0 Å². The maximum Gasteiger partial charge on any atom is 0.156 e. The summed E-state index contributed by atoms with van der Waals surface area (Å²) in [4.78, 5) is 11.8. The molecule has 0 bridgehead atoms. The van der Waals surface area contributed by atoms with Crippen molar-refractivity contribution in [2.75, 3.05) is 0 Å². The molecule has 0 aromatic heterocycles. The summed E-state index contributed by atoms with van der Waals surface area (Å²) in [5.74, 6) is 4.83. The van der Waals surface area contributed by atoms with Crippen LogP contribution >= 0.6 is 0 Å². The van der Waals surface area contributed by atoms with E-state index < -0.39 is 11.7 Å². The summed E-state index contributed by atoms with van der Waals surface area (Å²) < 4.78 is 0. The Morgan fingerprint density at radius 3 is 2.79 bits per heavy atom. The monoisotopic (exact) mass is 328 g/mol. The molecular formula is C21H28O3. The zero-order valence-corrected chi connectivity index (χ0v) is 14.5. The number of ketones is 1. The van der Waals surface area contributed by atoms with E-state index in [4.69, 9.17) is 6.42 Å². The van der Waals surface area contributed by atoms with Gasteiger partial charge in [0.25, 0.3) is 0 Å². The summed E-state index contributed by atoms with van der Waals surface area (Å²) >= 11 is 0. The van der Waals surface area contributed by atoms with Crippen LogP contribution < -0.4 is 0 Å². The quantitative estimate of drug-likeness (QED) is 0.728. The zero-order valence-electron chi connectivity index (χ0n) is 14.5. The fourth-order valence-electron chi connectivity index (χ4n) is 6.96. The number of aliphatic hydroxyl groups excluding tert-OH is 1. The molecule has 0 radical (unpaired) electrons. The molecule has 4 aliphatic rings. The van der Waals surface area contributed by atoms with E-state index in [1.54, 1.807) is 0 Å². The number of aliphatic hydroxyl groups is 2. The van der Waals surface area contributed by atoms with E-state index >= 15 is 0 Å². The van der Waals surface area contributed by atoms with Crippen molar-refractivity contribution in [2.24, 2.45) is 29.1 Å². The number of terminal acetylenes is 1. The van der Waals surface area contributed by atoms with Crippen LogP contribution in [0.25, 0.3) is 0 Å². The lowest BCUT2D eigenvalue weighted by Crippen LogP contribution is -2.55. The molecule has 0 aromatic rings. The van der Waals surface area contributed by atoms with Gasteiger partial charge in [-0.05, 0) is 74.7 Å². The first-order chi connectivity index (χ1) is 11.5. The van der Waals surface area contributed by atoms with Crippen molar-refractivity contribution in [3.05, 3.63) is 11.6 Å². The SMILES string of the molecule is C#C[C@]1(O)C(O)C[C@H]2[C@@H]3CCC4=CC(=O)CC[C@@H]4[C@H]3CC[C@@]21CC. The lowest BCUT2D eigenvalue weighted by Gasteiger charge is -2.55. The summed E-state index contributed by atoms with van der Waals surface area (Å²) in [6.07, 6.45) is 13.9. The number of carbonyl (C=O) groups excluding carboxylic acids is 1. The van der Waals surface area contributed by atoms with Crippen LogP contribution in [0.4, 0.5) is 0 Å². The first kappa shape index (κ1) is 16.4. The smallest absolute Gasteiger partial charge is 0.156 e. The van der Waals surface area contributed by atoms with Crippen LogP contribution in [0, 0.1) is 41.4 Å². The van der Waals surface area contributed by atoms with E-state index in [1.807, 2.05) is 6.08 Å². The maximum absolute atomic E-state index is 11.8. The average Bonchev–Trinajstić information content (AvgIpc) is 2.83. The van der Waals surface area contributed by atoms with Crippen molar-refractivity contribution in [1.82, 2.24) is 0 Å². The Labute approximate surface area is 144 Å². The van der Waals surface area contributed by atoms with Crippen molar-refractivity contribution in [1.29, 1.82) is 0 Å². The molecule has 3 saturated carbocycles. The molecule has 4 aliphatic carbocycles. The van der Waals surface area contributed by atoms with Gasteiger partial charge in [0.1, 0.15) is 0 Å². The molecule has 0 spiro atoms. The Morgan fingerprint density at radius 2 is 2.08 bits per heavy atom. The maximum atomic E-state index is 11.8. The number of carbonyl (C=O) groups is 1. The van der Waals surface area contributed by atoms with Gasteiger partial charge in [0.2, 0.25) is 0 Å². The van der Waals surface area contributed by atoms with Gasteiger partial charge in [0, 0.05) is 11.8 Å². The Kier molecular flexibility index (Phi) is 3.71. The Balaban J connectivity index is 1.70. The van der Waals surface area contributed by atoms with Gasteiger partial charge < -0.3 is 10.2 Å². The van der Waals surface area contributed by atoms with E-state index in [9.17, 15) is 15.0 Å². The lowest BCUT2D eigenvalue weighted by atomic mass is 9.49. The average molecular weight is 328 g/mol. The highest BCUT2D eigenvalue weighted by atomic mass is 16.3. The van der Waals surface area contributed by atoms with Crippen LogP contribution in [-0.4, -0.2) is 27.7 Å². The van der Waals surface area contributed by atoms with Crippen LogP contribution in [0.15, 0.2) is 11.6 Å². The molecule has 0 saturated heterocycles. The van der Waals surface area contributed by atoms with Crippen LogP contribution in [0.2, 0.25) is 0 Å². The summed E-state index contributed by atoms with van der Waals surface area (Å²) in [7, 11) is 0. The van der Waals surface area contributed by atoms with Gasteiger partial charge in [0.05, 0.1) is 6.10 Å². The van der Waals surface area contributed by atoms with Gasteiger partial charge >= 0.3 is 0 Å². The predicted octanol–water partition coefficient (Wildman–Crippen LogP) is 2.85. The third-order valence-electron chi connectivity index (χ3n) is 8.08. The second kappa shape index (κ2) is 5.44. The third kappa shape index (κ3) is 1.90. The lowest BCUT2D eigenvalue weighted by molar-refractivity contribution is -0.125. The van der Waals surface area contributed by atoms with E-state index in [0.29, 0.717) is 36.5 Å². The van der Waals surface area contributed by atoms with E-state index in [1.165, 1.54) is 5.57 Å². The molecule has 3 heteroatoms. The first-order valence-electron chi connectivity index (χ1n) is 9.58. The van der Waals surface area contributed by atoms with Gasteiger partial charge in [-0.1, -0.05) is 18.4 Å². The molecule has 130 valence electrons. The number of allylic oxidation sites excluding steroid dienone is 1. The summed E-state index contributed by atoms with van der Waals surface area (Å²) in [5, 5.41) is 21.7. The van der Waals surface area contributed by atoms with Crippen molar-refractivity contribution in [3.8, 4) is 12.3 Å². The topological polar surface area (TPSA) is 57.5 Å². The minimum absolute atomic E-state index is 0.288. The second-order valence-corrected chi connectivity index (χ2v) is 8.51. The van der Waals surface area contributed by atoms with Crippen LogP contribution in [0.3, 0.4) is 0 Å². The van der Waals surface area contributed by atoms with Crippen molar-refractivity contribution < 1.29 is 15.0 Å². The molecule has 0 aromatic carbocycles. The first-order valence-corrected chi connectivity index (χ1v) is 9.58. The molecular weight excluding hydrogens is 300 g/mol. The Hall–Kier alpha value is -1.11. The third-order valence-corrected chi connectivity index (χ3v) is 8.08. The molecule has 7 atom stereocenters. The van der Waals surface area contributed by atoms with Gasteiger partial charge in [-0.25, -0.2) is 0 Å². The summed E-state index contributed by atoms with van der Waals surface area (Å²) in [6.45, 7) is 2.11. The number of fused-ring (bicyclic) bond motifs is 5. The second-order valence-electron chi connectivity index (χ2n) is 8.51. The predicted molar refractivity (Wildman–Crippen MR) is 91.9 cm³/mol. The van der Waals surface area contributed by atoms with Crippen molar-refractivity contribution in [2.45, 2.75) is 70.0 Å². The highest BCUT2D eigenvalue weighted by Crippen LogP contribution is 2.66. The zero-order chi connectivity index (χ0) is 17.1. The number of hydrogen-bond acceptors (Lipinski definition) is 3.